The highest BCUT2D eigenvalue weighted by molar-refractivity contribution is 5.85. The lowest BCUT2D eigenvalue weighted by atomic mass is 9.96. The Kier molecular flexibility index (Phi) is 9.09. The normalized spacial score (nSPS) is 19.9. The van der Waals surface area contributed by atoms with Crippen LogP contribution in [0.2, 0.25) is 0 Å². The number of amides is 2. The molecule has 10 heteroatoms. The second-order valence-electron chi connectivity index (χ2n) is 10.9. The van der Waals surface area contributed by atoms with E-state index >= 15 is 0 Å². The molecule has 2 aromatic rings. The van der Waals surface area contributed by atoms with Crippen LogP contribution in [0.25, 0.3) is 0 Å². The summed E-state index contributed by atoms with van der Waals surface area (Å²) in [7, 11) is 0. The van der Waals surface area contributed by atoms with Gasteiger partial charge in [-0.3, -0.25) is 10.1 Å². The number of benzene rings is 2. The molecule has 1 saturated heterocycles. The molecule has 38 heavy (non-hydrogen) atoms. The first-order chi connectivity index (χ1) is 17.7. The SMILES string of the molecule is CC(C)C1N[C@@H]([C@H](O)[C@H](Cc2ccccc2)NC(=O)OC(C)(C)C)C(=O)N1Cc1cccc(C(F)(F)F)c1. The van der Waals surface area contributed by atoms with Gasteiger partial charge in [-0.05, 0) is 56.4 Å². The van der Waals surface area contributed by atoms with Crippen LogP contribution in [0.4, 0.5) is 18.0 Å². The summed E-state index contributed by atoms with van der Waals surface area (Å²) < 4.78 is 45.1. The molecule has 208 valence electrons. The van der Waals surface area contributed by atoms with Crippen LogP contribution in [0.3, 0.4) is 0 Å². The summed E-state index contributed by atoms with van der Waals surface area (Å²) >= 11 is 0. The summed E-state index contributed by atoms with van der Waals surface area (Å²) in [6.45, 7) is 8.84. The molecule has 4 atom stereocenters. The minimum Gasteiger partial charge on any atom is -0.444 e. The van der Waals surface area contributed by atoms with Crippen molar-refractivity contribution in [3.63, 3.8) is 0 Å². The molecular weight excluding hydrogens is 499 g/mol. The second-order valence-corrected chi connectivity index (χ2v) is 10.9. The molecular formula is C28H36F3N3O4. The van der Waals surface area contributed by atoms with Gasteiger partial charge in [0.15, 0.2) is 0 Å². The zero-order chi connectivity index (χ0) is 28.3. The molecule has 2 amide bonds. The number of nitrogens with zero attached hydrogens (tertiary/aromatic N) is 1. The van der Waals surface area contributed by atoms with Gasteiger partial charge in [-0.25, -0.2) is 4.79 Å². The third-order valence-electron chi connectivity index (χ3n) is 6.23. The fourth-order valence-electron chi connectivity index (χ4n) is 4.49. The fourth-order valence-corrected chi connectivity index (χ4v) is 4.49. The number of halogens is 3. The van der Waals surface area contributed by atoms with Gasteiger partial charge in [-0.15, -0.1) is 0 Å². The minimum absolute atomic E-state index is 0.0648. The van der Waals surface area contributed by atoms with Crippen LogP contribution in [0.15, 0.2) is 54.6 Å². The summed E-state index contributed by atoms with van der Waals surface area (Å²) in [5.41, 5.74) is -0.405. The van der Waals surface area contributed by atoms with Crippen LogP contribution >= 0.6 is 0 Å². The van der Waals surface area contributed by atoms with Gasteiger partial charge in [0.2, 0.25) is 5.91 Å². The molecule has 2 aromatic carbocycles. The lowest BCUT2D eigenvalue weighted by Gasteiger charge is -2.29. The van der Waals surface area contributed by atoms with Crippen molar-refractivity contribution >= 4 is 12.0 Å². The van der Waals surface area contributed by atoms with Crippen LogP contribution < -0.4 is 10.6 Å². The van der Waals surface area contributed by atoms with Crippen LogP contribution in [0.1, 0.15) is 51.3 Å². The molecule has 1 aliphatic rings. The first-order valence-corrected chi connectivity index (χ1v) is 12.6. The molecule has 1 fully saturated rings. The summed E-state index contributed by atoms with van der Waals surface area (Å²) in [6, 6.07) is 12.1. The van der Waals surface area contributed by atoms with Gasteiger partial charge >= 0.3 is 12.3 Å². The third-order valence-corrected chi connectivity index (χ3v) is 6.23. The van der Waals surface area contributed by atoms with E-state index in [0.717, 1.165) is 17.7 Å². The van der Waals surface area contributed by atoms with Gasteiger partial charge in [0, 0.05) is 6.54 Å². The minimum atomic E-state index is -4.50. The average Bonchev–Trinajstić information content (AvgIpc) is 3.13. The average molecular weight is 536 g/mol. The molecule has 3 N–H and O–H groups in total. The largest absolute Gasteiger partial charge is 0.444 e. The van der Waals surface area contributed by atoms with Gasteiger partial charge in [-0.1, -0.05) is 56.3 Å². The second kappa shape index (κ2) is 11.7. The number of rotatable bonds is 8. The third kappa shape index (κ3) is 7.70. The highest BCUT2D eigenvalue weighted by atomic mass is 19.4. The number of hydrogen-bond donors (Lipinski definition) is 3. The van der Waals surface area contributed by atoms with E-state index < -0.39 is 53.7 Å². The van der Waals surface area contributed by atoms with Crippen molar-refractivity contribution in [3.8, 4) is 0 Å². The lowest BCUT2D eigenvalue weighted by Crippen LogP contribution is -2.55. The molecule has 0 saturated carbocycles. The van der Waals surface area contributed by atoms with Crippen molar-refractivity contribution in [2.45, 2.75) is 83.7 Å². The summed E-state index contributed by atoms with van der Waals surface area (Å²) in [4.78, 5) is 27.6. The van der Waals surface area contributed by atoms with E-state index in [1.807, 2.05) is 44.2 Å². The van der Waals surface area contributed by atoms with Crippen molar-refractivity contribution in [1.29, 1.82) is 0 Å². The molecule has 1 aliphatic heterocycles. The van der Waals surface area contributed by atoms with Crippen molar-refractivity contribution in [3.05, 3.63) is 71.3 Å². The molecule has 0 aromatic heterocycles. The maximum Gasteiger partial charge on any atom is 0.416 e. The Bertz CT molecular complexity index is 1100. The first-order valence-electron chi connectivity index (χ1n) is 12.6. The Morgan fingerprint density at radius 1 is 1.08 bits per heavy atom. The van der Waals surface area contributed by atoms with E-state index in [9.17, 15) is 27.9 Å². The monoisotopic (exact) mass is 535 g/mol. The Morgan fingerprint density at radius 2 is 1.71 bits per heavy atom. The number of nitrogens with one attached hydrogen (secondary N) is 2. The van der Waals surface area contributed by atoms with Gasteiger partial charge in [-0.2, -0.15) is 13.2 Å². The van der Waals surface area contributed by atoms with Crippen LogP contribution in [-0.4, -0.2) is 52.0 Å². The van der Waals surface area contributed by atoms with Crippen LogP contribution in [-0.2, 0) is 28.7 Å². The van der Waals surface area contributed by atoms with E-state index in [0.29, 0.717) is 5.56 Å². The standard InChI is InChI=1S/C28H36F3N3O4/c1-17(2)24-33-22(25(36)34(24)16-19-12-9-13-20(14-19)28(29,30)31)23(35)21(15-18-10-7-6-8-11-18)32-26(37)38-27(3,4)5/h6-14,17,21-24,33,35H,15-16H2,1-5H3,(H,32,37)/t21-,22-,23+,24?/m0/s1. The van der Waals surface area contributed by atoms with E-state index in [-0.39, 0.29) is 18.9 Å². The number of hydrogen-bond acceptors (Lipinski definition) is 5. The molecule has 0 aliphatic carbocycles. The molecule has 1 unspecified atom stereocenters. The number of aliphatic hydroxyl groups is 1. The number of carbonyl (C=O) groups excluding carboxylic acids is 2. The topological polar surface area (TPSA) is 90.9 Å². The Hall–Kier alpha value is -3.11. The fraction of sp³-hybridized carbons (Fsp3) is 0.500. The molecule has 3 rings (SSSR count). The predicted molar refractivity (Wildman–Crippen MR) is 137 cm³/mol. The van der Waals surface area contributed by atoms with Crippen LogP contribution in [0, 0.1) is 5.92 Å². The van der Waals surface area contributed by atoms with E-state index in [1.165, 1.54) is 17.0 Å². The van der Waals surface area contributed by atoms with E-state index in [4.69, 9.17) is 4.74 Å². The van der Waals surface area contributed by atoms with Gasteiger partial charge in [0.05, 0.1) is 23.9 Å². The molecule has 0 bridgehead atoms. The van der Waals surface area contributed by atoms with Crippen LogP contribution in [0.5, 0.6) is 0 Å². The maximum atomic E-state index is 13.6. The van der Waals surface area contributed by atoms with Gasteiger partial charge < -0.3 is 20.1 Å². The zero-order valence-corrected chi connectivity index (χ0v) is 22.3. The number of alkyl halides is 3. The van der Waals surface area contributed by atoms with Crippen molar-refractivity contribution < 1.29 is 32.6 Å². The molecule has 7 nitrogen and oxygen atoms in total. The predicted octanol–water partition coefficient (Wildman–Crippen LogP) is 4.48. The van der Waals surface area contributed by atoms with Gasteiger partial charge in [0.25, 0.3) is 0 Å². The zero-order valence-electron chi connectivity index (χ0n) is 22.3. The smallest absolute Gasteiger partial charge is 0.416 e. The van der Waals surface area contributed by atoms with E-state index in [1.54, 1.807) is 20.8 Å². The molecule has 0 radical (unpaired) electrons. The highest BCUT2D eigenvalue weighted by Gasteiger charge is 2.46. The lowest BCUT2D eigenvalue weighted by molar-refractivity contribution is -0.137. The Morgan fingerprint density at radius 3 is 2.29 bits per heavy atom. The number of ether oxygens (including phenoxy) is 1. The number of aliphatic hydroxyl groups excluding tert-OH is 1. The highest BCUT2D eigenvalue weighted by Crippen LogP contribution is 2.31. The summed E-state index contributed by atoms with van der Waals surface area (Å²) in [5, 5.41) is 17.3. The Balaban J connectivity index is 1.85. The number of carbonyl (C=O) groups is 2. The summed E-state index contributed by atoms with van der Waals surface area (Å²) in [5.74, 6) is -0.564. The Labute approximate surface area is 221 Å². The summed E-state index contributed by atoms with van der Waals surface area (Å²) in [6.07, 6.45) is -6.88. The van der Waals surface area contributed by atoms with Crippen molar-refractivity contribution in [2.75, 3.05) is 0 Å². The van der Waals surface area contributed by atoms with Crippen molar-refractivity contribution in [1.82, 2.24) is 15.5 Å². The van der Waals surface area contributed by atoms with E-state index in [2.05, 4.69) is 10.6 Å². The first kappa shape index (κ1) is 29.4. The quantitative estimate of drug-likeness (QED) is 0.464. The molecule has 0 spiro atoms. The van der Waals surface area contributed by atoms with Gasteiger partial charge in [0.1, 0.15) is 11.6 Å². The van der Waals surface area contributed by atoms with Crippen molar-refractivity contribution in [2.24, 2.45) is 5.92 Å². The maximum absolute atomic E-state index is 13.6. The molecule has 1 heterocycles. The number of alkyl carbamates (subject to hydrolysis) is 1.